The first-order chi connectivity index (χ1) is 8.23. The van der Waals surface area contributed by atoms with E-state index in [4.69, 9.17) is 16.7 Å². The predicted octanol–water partition coefficient (Wildman–Crippen LogP) is 3.55. The van der Waals surface area contributed by atoms with Gasteiger partial charge in [0.15, 0.2) is 0 Å². The molecule has 3 nitrogen and oxygen atoms in total. The number of nitrogens with zero attached hydrogens (tertiary/aromatic N) is 1. The van der Waals surface area contributed by atoms with Crippen molar-refractivity contribution in [2.24, 2.45) is 7.05 Å². The van der Waals surface area contributed by atoms with Crippen LogP contribution < -0.4 is 0 Å². The molecule has 0 spiro atoms. The summed E-state index contributed by atoms with van der Waals surface area (Å²) >= 11 is 5.82. The van der Waals surface area contributed by atoms with Crippen LogP contribution in [0, 0.1) is 0 Å². The zero-order valence-corrected chi connectivity index (χ0v) is 9.80. The summed E-state index contributed by atoms with van der Waals surface area (Å²) in [5.41, 5.74) is -1.09. The second-order valence-electron chi connectivity index (χ2n) is 3.75. The van der Waals surface area contributed by atoms with Crippen LogP contribution in [-0.2, 0) is 13.2 Å². The van der Waals surface area contributed by atoms with Crippen molar-refractivity contribution in [1.29, 1.82) is 0 Å². The number of carboxylic acid groups (broad SMARTS) is 1. The SMILES string of the molecule is Cn1c(C(=O)O)cc2c(C(F)(F)F)ccc(Cl)c21. The third-order valence-corrected chi connectivity index (χ3v) is 2.98. The average Bonchev–Trinajstić information content (AvgIpc) is 2.56. The Hall–Kier alpha value is -1.69. The number of benzene rings is 1. The van der Waals surface area contributed by atoms with Crippen molar-refractivity contribution in [2.75, 3.05) is 0 Å². The maximum Gasteiger partial charge on any atom is 0.417 e. The van der Waals surface area contributed by atoms with Gasteiger partial charge in [-0.15, -0.1) is 0 Å². The fourth-order valence-corrected chi connectivity index (χ4v) is 2.17. The molecule has 0 aliphatic heterocycles. The van der Waals surface area contributed by atoms with Crippen LogP contribution in [0.4, 0.5) is 13.2 Å². The fraction of sp³-hybridized carbons (Fsp3) is 0.182. The molecular weight excluding hydrogens is 271 g/mol. The van der Waals surface area contributed by atoms with Crippen LogP contribution in [0.3, 0.4) is 0 Å². The van der Waals surface area contributed by atoms with Crippen molar-refractivity contribution in [2.45, 2.75) is 6.18 Å². The number of aromatic carboxylic acids is 1. The van der Waals surface area contributed by atoms with Gasteiger partial charge in [-0.3, -0.25) is 0 Å². The minimum atomic E-state index is -4.56. The molecule has 96 valence electrons. The van der Waals surface area contributed by atoms with Crippen LogP contribution in [0.1, 0.15) is 16.1 Å². The van der Waals surface area contributed by atoms with Crippen molar-refractivity contribution < 1.29 is 23.1 Å². The van der Waals surface area contributed by atoms with Gasteiger partial charge in [0.1, 0.15) is 5.69 Å². The van der Waals surface area contributed by atoms with Gasteiger partial charge in [-0.2, -0.15) is 13.2 Å². The molecule has 2 rings (SSSR count). The number of aryl methyl sites for hydroxylation is 1. The van der Waals surface area contributed by atoms with E-state index >= 15 is 0 Å². The van der Waals surface area contributed by atoms with Gasteiger partial charge in [-0.25, -0.2) is 4.79 Å². The number of hydrogen-bond donors (Lipinski definition) is 1. The van der Waals surface area contributed by atoms with E-state index in [1.54, 1.807) is 0 Å². The van der Waals surface area contributed by atoms with E-state index in [0.717, 1.165) is 22.8 Å². The normalized spacial score (nSPS) is 12.1. The predicted molar refractivity (Wildman–Crippen MR) is 59.9 cm³/mol. The van der Waals surface area contributed by atoms with Crippen LogP contribution in [0.2, 0.25) is 5.02 Å². The maximum atomic E-state index is 12.8. The topological polar surface area (TPSA) is 42.2 Å². The Morgan fingerprint density at radius 1 is 1.39 bits per heavy atom. The molecule has 1 N–H and O–H groups in total. The molecule has 1 heterocycles. The molecule has 0 bridgehead atoms. The van der Waals surface area contributed by atoms with Gasteiger partial charge in [-0.1, -0.05) is 11.6 Å². The Balaban J connectivity index is 2.91. The highest BCUT2D eigenvalue weighted by Crippen LogP contribution is 2.38. The van der Waals surface area contributed by atoms with E-state index in [1.165, 1.54) is 7.05 Å². The summed E-state index contributed by atoms with van der Waals surface area (Å²) in [6.45, 7) is 0. The van der Waals surface area contributed by atoms with Gasteiger partial charge in [0.05, 0.1) is 16.1 Å². The molecule has 0 radical (unpaired) electrons. The molecule has 0 aliphatic rings. The summed E-state index contributed by atoms with van der Waals surface area (Å²) in [7, 11) is 1.36. The van der Waals surface area contributed by atoms with E-state index in [0.29, 0.717) is 0 Å². The van der Waals surface area contributed by atoms with E-state index in [-0.39, 0.29) is 21.6 Å². The second-order valence-corrected chi connectivity index (χ2v) is 4.16. The Morgan fingerprint density at radius 3 is 2.50 bits per heavy atom. The number of carboxylic acids is 1. The van der Waals surface area contributed by atoms with Gasteiger partial charge in [0.2, 0.25) is 0 Å². The molecule has 0 aliphatic carbocycles. The van der Waals surface area contributed by atoms with Crippen LogP contribution in [0.25, 0.3) is 10.9 Å². The van der Waals surface area contributed by atoms with Crippen molar-refractivity contribution in [1.82, 2.24) is 4.57 Å². The quantitative estimate of drug-likeness (QED) is 0.866. The third-order valence-electron chi connectivity index (χ3n) is 2.67. The number of alkyl halides is 3. The largest absolute Gasteiger partial charge is 0.477 e. The molecule has 7 heteroatoms. The molecule has 2 aromatic rings. The summed E-state index contributed by atoms with van der Waals surface area (Å²) < 4.78 is 39.5. The molecule has 1 aromatic carbocycles. The zero-order chi connectivity index (χ0) is 13.7. The molecule has 18 heavy (non-hydrogen) atoms. The molecule has 0 saturated heterocycles. The van der Waals surface area contributed by atoms with E-state index in [1.807, 2.05) is 0 Å². The van der Waals surface area contributed by atoms with Gasteiger partial charge < -0.3 is 9.67 Å². The summed E-state index contributed by atoms with van der Waals surface area (Å²) in [5, 5.41) is 8.77. The Labute approximate surface area is 104 Å². The highest BCUT2D eigenvalue weighted by Gasteiger charge is 2.34. The van der Waals surface area contributed by atoms with Crippen molar-refractivity contribution in [3.63, 3.8) is 0 Å². The fourth-order valence-electron chi connectivity index (χ4n) is 1.87. The smallest absolute Gasteiger partial charge is 0.417 e. The molecule has 0 saturated carbocycles. The lowest BCUT2D eigenvalue weighted by atomic mass is 10.1. The van der Waals surface area contributed by atoms with Crippen LogP contribution in [-0.4, -0.2) is 15.6 Å². The Morgan fingerprint density at radius 2 is 2.00 bits per heavy atom. The minimum Gasteiger partial charge on any atom is -0.477 e. The highest BCUT2D eigenvalue weighted by molar-refractivity contribution is 6.35. The summed E-state index contributed by atoms with van der Waals surface area (Å²) in [6, 6.07) is 2.93. The van der Waals surface area contributed by atoms with Crippen molar-refractivity contribution in [3.05, 3.63) is 34.5 Å². The van der Waals surface area contributed by atoms with Crippen LogP contribution in [0.15, 0.2) is 18.2 Å². The minimum absolute atomic E-state index is 0.0592. The van der Waals surface area contributed by atoms with Crippen LogP contribution >= 0.6 is 11.6 Å². The van der Waals surface area contributed by atoms with Gasteiger partial charge >= 0.3 is 12.1 Å². The van der Waals surface area contributed by atoms with Gasteiger partial charge in [0, 0.05) is 12.4 Å². The lowest BCUT2D eigenvalue weighted by molar-refractivity contribution is -0.136. The van der Waals surface area contributed by atoms with Gasteiger partial charge in [0.25, 0.3) is 0 Å². The third kappa shape index (κ3) is 1.82. The Kier molecular flexibility index (Phi) is 2.77. The zero-order valence-electron chi connectivity index (χ0n) is 9.05. The number of carbonyl (C=O) groups is 1. The first kappa shape index (κ1) is 12.8. The maximum absolute atomic E-state index is 12.8. The first-order valence-corrected chi connectivity index (χ1v) is 5.19. The number of hydrogen-bond acceptors (Lipinski definition) is 1. The molecular formula is C11H7ClF3NO2. The number of fused-ring (bicyclic) bond motifs is 1. The monoisotopic (exact) mass is 277 g/mol. The molecule has 1 aromatic heterocycles. The standard InChI is InChI=1S/C11H7ClF3NO2/c1-16-8(10(17)18)4-5-6(11(13,14)15)2-3-7(12)9(5)16/h2-4H,1H3,(H,17,18). The lowest BCUT2D eigenvalue weighted by Gasteiger charge is -2.09. The first-order valence-electron chi connectivity index (χ1n) is 4.82. The lowest BCUT2D eigenvalue weighted by Crippen LogP contribution is -2.05. The summed E-state index contributed by atoms with van der Waals surface area (Å²) in [6.07, 6.45) is -4.56. The average molecular weight is 278 g/mol. The van der Waals surface area contributed by atoms with E-state index in [9.17, 15) is 18.0 Å². The van der Waals surface area contributed by atoms with Crippen molar-refractivity contribution >= 4 is 28.5 Å². The van der Waals surface area contributed by atoms with Gasteiger partial charge in [-0.05, 0) is 18.2 Å². The highest BCUT2D eigenvalue weighted by atomic mass is 35.5. The summed E-state index contributed by atoms with van der Waals surface area (Å²) in [5.74, 6) is -1.31. The number of halogens is 4. The Bertz CT molecular complexity index is 646. The van der Waals surface area contributed by atoms with Crippen LogP contribution in [0.5, 0.6) is 0 Å². The molecule has 0 unspecified atom stereocenters. The molecule has 0 atom stereocenters. The van der Waals surface area contributed by atoms with E-state index < -0.39 is 17.7 Å². The molecule has 0 amide bonds. The number of aromatic nitrogens is 1. The second kappa shape index (κ2) is 3.91. The molecule has 0 fully saturated rings. The summed E-state index contributed by atoms with van der Waals surface area (Å²) in [4.78, 5) is 10.9. The number of rotatable bonds is 1. The van der Waals surface area contributed by atoms with E-state index in [2.05, 4.69) is 0 Å². The van der Waals surface area contributed by atoms with Crippen molar-refractivity contribution in [3.8, 4) is 0 Å².